The summed E-state index contributed by atoms with van der Waals surface area (Å²) in [5.41, 5.74) is 17.7. The number of phenols is 1. The molecule has 318 valence electrons. The van der Waals surface area contributed by atoms with Crippen molar-refractivity contribution in [2.24, 2.45) is 5.41 Å². The SMILES string of the molecule is [2H]C(C)(C)c1ccc(-c2ccnc(-c3cc(-c4ccccc4)cc(-c4cccc5c4nc(-c4cc(C)cc(C)c4O)n5-c4ccc(C(C)(C)C(C)(C)C)cc4-c4ccccc4)c3)c2)cc1. The number of hydrogen-bond donors (Lipinski definition) is 1. The Morgan fingerprint density at radius 2 is 1.22 bits per heavy atom. The molecule has 7 aromatic carbocycles. The van der Waals surface area contributed by atoms with Crippen LogP contribution in [0, 0.1) is 19.3 Å². The Kier molecular flexibility index (Phi) is 10.6. The topological polar surface area (TPSA) is 50.9 Å². The van der Waals surface area contributed by atoms with E-state index in [0.717, 1.165) is 89.2 Å². The van der Waals surface area contributed by atoms with Crippen LogP contribution in [0.25, 0.3) is 83.9 Å². The molecule has 0 fully saturated rings. The number of benzene rings is 7. The number of aromatic nitrogens is 3. The van der Waals surface area contributed by atoms with Crippen LogP contribution in [-0.2, 0) is 5.41 Å². The molecule has 64 heavy (non-hydrogen) atoms. The van der Waals surface area contributed by atoms with Crippen LogP contribution < -0.4 is 0 Å². The van der Waals surface area contributed by atoms with Crippen molar-refractivity contribution in [2.45, 2.75) is 73.6 Å². The van der Waals surface area contributed by atoms with Gasteiger partial charge in [-0.2, -0.15) is 0 Å². The zero-order chi connectivity index (χ0) is 45.8. The third-order valence-corrected chi connectivity index (χ3v) is 13.5. The zero-order valence-corrected chi connectivity index (χ0v) is 38.5. The van der Waals surface area contributed by atoms with Crippen LogP contribution in [0.1, 0.15) is 78.0 Å². The molecular weight excluding hydrogens is 779 g/mol. The highest BCUT2D eigenvalue weighted by Gasteiger charge is 2.35. The minimum Gasteiger partial charge on any atom is -0.507 e. The predicted octanol–water partition coefficient (Wildman–Crippen LogP) is 16.2. The van der Waals surface area contributed by atoms with E-state index in [2.05, 4.69) is 174 Å². The molecule has 0 aliphatic carbocycles. The molecule has 0 aliphatic rings. The van der Waals surface area contributed by atoms with Gasteiger partial charge in [-0.05, 0) is 141 Å². The van der Waals surface area contributed by atoms with Crippen LogP contribution in [0.5, 0.6) is 5.75 Å². The summed E-state index contributed by atoms with van der Waals surface area (Å²) in [5, 5.41) is 11.9. The Balaban J connectivity index is 1.30. The Morgan fingerprint density at radius 3 is 1.91 bits per heavy atom. The Labute approximate surface area is 380 Å². The molecule has 0 saturated carbocycles. The average molecular weight is 837 g/mol. The highest BCUT2D eigenvalue weighted by molar-refractivity contribution is 5.98. The first kappa shape index (κ1) is 41.0. The van der Waals surface area contributed by atoms with Crippen molar-refractivity contribution in [3.8, 4) is 78.6 Å². The normalized spacial score (nSPS) is 12.4. The summed E-state index contributed by atoms with van der Waals surface area (Å²) >= 11 is 0. The molecule has 9 rings (SSSR count). The van der Waals surface area contributed by atoms with Gasteiger partial charge in [-0.3, -0.25) is 9.55 Å². The number of phenolic OH excluding ortho intramolecular Hbond substituents is 1. The lowest BCUT2D eigenvalue weighted by Gasteiger charge is -2.40. The minimum atomic E-state index is -0.673. The number of aryl methyl sites for hydroxylation is 2. The molecule has 0 unspecified atom stereocenters. The lowest BCUT2D eigenvalue weighted by Crippen LogP contribution is -2.34. The Hall–Kier alpha value is -7.04. The summed E-state index contributed by atoms with van der Waals surface area (Å²) in [6.07, 6.45) is 1.88. The molecule has 0 saturated heterocycles. The molecule has 2 aromatic heterocycles. The van der Waals surface area contributed by atoms with Gasteiger partial charge >= 0.3 is 0 Å². The van der Waals surface area contributed by atoms with Crippen LogP contribution in [0.15, 0.2) is 170 Å². The van der Waals surface area contributed by atoms with Crippen molar-refractivity contribution in [3.63, 3.8) is 0 Å². The Morgan fingerprint density at radius 1 is 0.562 bits per heavy atom. The molecule has 0 spiro atoms. The second-order valence-corrected chi connectivity index (χ2v) is 19.1. The summed E-state index contributed by atoms with van der Waals surface area (Å²) < 4.78 is 10.8. The quantitative estimate of drug-likeness (QED) is 0.158. The summed E-state index contributed by atoms with van der Waals surface area (Å²) in [4.78, 5) is 10.5. The average Bonchev–Trinajstić information content (AvgIpc) is 3.69. The second kappa shape index (κ2) is 16.6. The smallest absolute Gasteiger partial charge is 0.149 e. The number of nitrogens with zero attached hydrogens (tertiary/aromatic N) is 3. The van der Waals surface area contributed by atoms with Crippen LogP contribution in [0.2, 0.25) is 0 Å². The van der Waals surface area contributed by atoms with Gasteiger partial charge in [0.05, 0.1) is 28.0 Å². The number of hydrogen-bond acceptors (Lipinski definition) is 3. The van der Waals surface area contributed by atoms with Crippen LogP contribution in [-0.4, -0.2) is 19.6 Å². The number of pyridine rings is 1. The Bertz CT molecular complexity index is 3200. The number of imidazole rings is 1. The number of para-hydroxylation sites is 1. The lowest BCUT2D eigenvalue weighted by molar-refractivity contribution is 0.225. The molecule has 4 nitrogen and oxygen atoms in total. The van der Waals surface area contributed by atoms with Gasteiger partial charge in [0.1, 0.15) is 11.6 Å². The van der Waals surface area contributed by atoms with Gasteiger partial charge < -0.3 is 5.11 Å². The monoisotopic (exact) mass is 836 g/mol. The van der Waals surface area contributed by atoms with Gasteiger partial charge in [0.25, 0.3) is 0 Å². The van der Waals surface area contributed by atoms with E-state index in [1.165, 1.54) is 5.56 Å². The first-order valence-electron chi connectivity index (χ1n) is 22.8. The lowest BCUT2D eigenvalue weighted by atomic mass is 9.65. The third kappa shape index (κ3) is 7.83. The van der Waals surface area contributed by atoms with Gasteiger partial charge in [0.15, 0.2) is 0 Å². The summed E-state index contributed by atoms with van der Waals surface area (Å²) in [5.74, 6) is 0.218. The van der Waals surface area contributed by atoms with E-state index in [-0.39, 0.29) is 16.6 Å². The molecule has 0 radical (unpaired) electrons. The van der Waals surface area contributed by atoms with Crippen molar-refractivity contribution in [2.75, 3.05) is 0 Å². The van der Waals surface area contributed by atoms with Crippen molar-refractivity contribution in [1.29, 1.82) is 0 Å². The fourth-order valence-corrected chi connectivity index (χ4v) is 8.78. The van der Waals surface area contributed by atoms with E-state index in [4.69, 9.17) is 11.3 Å². The van der Waals surface area contributed by atoms with E-state index in [0.29, 0.717) is 11.4 Å². The maximum absolute atomic E-state index is 11.9. The highest BCUT2D eigenvalue weighted by atomic mass is 16.3. The van der Waals surface area contributed by atoms with Crippen molar-refractivity contribution in [1.82, 2.24) is 14.5 Å². The number of rotatable bonds is 9. The van der Waals surface area contributed by atoms with Gasteiger partial charge in [-0.25, -0.2) is 4.98 Å². The van der Waals surface area contributed by atoms with E-state index < -0.39 is 5.89 Å². The maximum atomic E-state index is 11.9. The van der Waals surface area contributed by atoms with Crippen molar-refractivity contribution in [3.05, 3.63) is 192 Å². The molecular formula is C60H57N3O. The second-order valence-electron chi connectivity index (χ2n) is 19.1. The molecule has 0 amide bonds. The summed E-state index contributed by atoms with van der Waals surface area (Å²) in [6, 6.07) is 57.7. The largest absolute Gasteiger partial charge is 0.507 e. The molecule has 0 aliphatic heterocycles. The van der Waals surface area contributed by atoms with Gasteiger partial charge in [0.2, 0.25) is 0 Å². The van der Waals surface area contributed by atoms with Gasteiger partial charge in [-0.1, -0.05) is 158 Å². The van der Waals surface area contributed by atoms with Gasteiger partial charge in [0, 0.05) is 24.3 Å². The van der Waals surface area contributed by atoms with Crippen molar-refractivity contribution >= 4 is 11.0 Å². The standard InChI is InChI=1S/C60H57N3O/c1-38(2)41-23-25-43(26-24-41)45-29-30-61-53(36-45)48-34-46(42-17-12-10-13-18-42)33-47(35-48)50-21-16-22-55-56(50)62-58(52-32-39(3)31-40(4)57(52)64)63(55)54-28-27-49(60(8,9)59(5,6)7)37-51(54)44-19-14-11-15-20-44/h10-38,64H,1-9H3/i38D. The molecule has 2 heterocycles. The van der Waals surface area contributed by atoms with E-state index in [9.17, 15) is 5.11 Å². The van der Waals surface area contributed by atoms with E-state index in [1.54, 1.807) is 0 Å². The molecule has 1 N–H and O–H groups in total. The van der Waals surface area contributed by atoms with E-state index in [1.807, 2.05) is 63.4 Å². The fraction of sp³-hybridized carbons (Fsp3) is 0.200. The molecule has 0 atom stereocenters. The maximum Gasteiger partial charge on any atom is 0.149 e. The van der Waals surface area contributed by atoms with Crippen LogP contribution in [0.3, 0.4) is 0 Å². The fourth-order valence-electron chi connectivity index (χ4n) is 8.78. The van der Waals surface area contributed by atoms with Crippen LogP contribution in [0.4, 0.5) is 0 Å². The molecule has 4 heteroatoms. The zero-order valence-electron chi connectivity index (χ0n) is 39.5. The number of aromatic hydroxyl groups is 1. The first-order chi connectivity index (χ1) is 31.0. The van der Waals surface area contributed by atoms with Crippen molar-refractivity contribution < 1.29 is 6.48 Å². The molecule has 9 aromatic rings. The van der Waals surface area contributed by atoms with E-state index >= 15 is 0 Å². The summed E-state index contributed by atoms with van der Waals surface area (Å²) in [6.45, 7) is 19.4. The highest BCUT2D eigenvalue weighted by Crippen LogP contribution is 2.46. The third-order valence-electron chi connectivity index (χ3n) is 13.5. The molecule has 0 bridgehead atoms. The number of fused-ring (bicyclic) bond motifs is 1. The first-order valence-corrected chi connectivity index (χ1v) is 22.3. The summed E-state index contributed by atoms with van der Waals surface area (Å²) in [7, 11) is 0. The predicted molar refractivity (Wildman–Crippen MR) is 269 cm³/mol. The van der Waals surface area contributed by atoms with Crippen LogP contribution >= 0.6 is 0 Å². The minimum absolute atomic E-state index is 0.00451. The van der Waals surface area contributed by atoms with Gasteiger partial charge in [-0.15, -0.1) is 0 Å².